The number of hydrogen-bond donors (Lipinski definition) is 2. The van der Waals surface area contributed by atoms with Crippen LogP contribution in [0.3, 0.4) is 0 Å². The van der Waals surface area contributed by atoms with Crippen molar-refractivity contribution >= 4 is 5.91 Å². The Morgan fingerprint density at radius 1 is 1.33 bits per heavy atom. The summed E-state index contributed by atoms with van der Waals surface area (Å²) in [5.74, 6) is 0.0852. The molecule has 1 amide bonds. The van der Waals surface area contributed by atoms with Crippen molar-refractivity contribution in [3.05, 3.63) is 0 Å². The van der Waals surface area contributed by atoms with Crippen LogP contribution in [0.2, 0.25) is 0 Å². The Labute approximate surface area is 128 Å². The van der Waals surface area contributed by atoms with E-state index >= 15 is 0 Å². The molecule has 21 heavy (non-hydrogen) atoms. The van der Waals surface area contributed by atoms with E-state index in [4.69, 9.17) is 4.74 Å². The highest BCUT2D eigenvalue weighted by atomic mass is 16.5. The average molecular weight is 301 g/mol. The second-order valence-corrected chi connectivity index (χ2v) is 6.44. The zero-order chi connectivity index (χ0) is 15.9. The van der Waals surface area contributed by atoms with Crippen LogP contribution in [0.5, 0.6) is 0 Å². The Balaban J connectivity index is 2.27. The molecule has 124 valence electrons. The van der Waals surface area contributed by atoms with E-state index in [1.54, 1.807) is 7.11 Å². The molecule has 0 aliphatic carbocycles. The van der Waals surface area contributed by atoms with Crippen molar-refractivity contribution in [1.82, 2.24) is 15.1 Å². The average Bonchev–Trinajstić information content (AvgIpc) is 2.41. The summed E-state index contributed by atoms with van der Waals surface area (Å²) in [4.78, 5) is 16.5. The normalized spacial score (nSPS) is 19.5. The van der Waals surface area contributed by atoms with E-state index in [1.807, 2.05) is 20.8 Å². The van der Waals surface area contributed by atoms with Gasteiger partial charge in [0.15, 0.2) is 0 Å². The van der Waals surface area contributed by atoms with E-state index < -0.39 is 5.60 Å². The van der Waals surface area contributed by atoms with Gasteiger partial charge in [0.05, 0.1) is 11.6 Å². The summed E-state index contributed by atoms with van der Waals surface area (Å²) in [6.45, 7) is 11.1. The van der Waals surface area contributed by atoms with E-state index in [0.29, 0.717) is 19.7 Å². The molecular formula is C15H31N3O3. The van der Waals surface area contributed by atoms with E-state index in [-0.39, 0.29) is 11.9 Å². The Bertz CT molecular complexity index is 310. The summed E-state index contributed by atoms with van der Waals surface area (Å²) in [6, 6.07) is -0.100. The number of hydrogen-bond acceptors (Lipinski definition) is 5. The lowest BCUT2D eigenvalue weighted by Gasteiger charge is -2.39. The second kappa shape index (κ2) is 8.68. The first-order chi connectivity index (χ1) is 9.83. The molecule has 1 aliphatic rings. The van der Waals surface area contributed by atoms with Crippen LogP contribution in [0.25, 0.3) is 0 Å². The minimum absolute atomic E-state index is 0.0852. The first kappa shape index (κ1) is 18.4. The van der Waals surface area contributed by atoms with Gasteiger partial charge in [0, 0.05) is 53.0 Å². The molecule has 0 saturated carbocycles. The van der Waals surface area contributed by atoms with Gasteiger partial charge in [-0.05, 0) is 27.2 Å². The number of β-amino-alcohol motifs (C(OH)–C–C–N with tert-alkyl or cyclic N) is 1. The minimum atomic E-state index is -0.660. The summed E-state index contributed by atoms with van der Waals surface area (Å²) in [5.41, 5.74) is -0.660. The lowest BCUT2D eigenvalue weighted by Crippen LogP contribution is -2.55. The summed E-state index contributed by atoms with van der Waals surface area (Å²) < 4.78 is 4.96. The Morgan fingerprint density at radius 2 is 1.95 bits per heavy atom. The van der Waals surface area contributed by atoms with Crippen molar-refractivity contribution in [2.75, 3.05) is 53.0 Å². The molecule has 1 fully saturated rings. The number of piperazine rings is 1. The standard InChI is InChI=1S/C15H31N3O3/c1-13(14(19)16-6-5-11-21-4)18-9-7-17(8-10-18)12-15(2,3)20/h13,20H,5-12H2,1-4H3,(H,16,19). The smallest absolute Gasteiger partial charge is 0.237 e. The number of methoxy groups -OCH3 is 1. The van der Waals surface area contributed by atoms with Gasteiger partial charge in [0.25, 0.3) is 0 Å². The zero-order valence-corrected chi connectivity index (χ0v) is 13.9. The van der Waals surface area contributed by atoms with Crippen LogP contribution in [0.15, 0.2) is 0 Å². The molecular weight excluding hydrogens is 270 g/mol. The van der Waals surface area contributed by atoms with Crippen molar-refractivity contribution < 1.29 is 14.6 Å². The molecule has 1 aliphatic heterocycles. The van der Waals surface area contributed by atoms with Gasteiger partial charge in [-0.3, -0.25) is 14.6 Å². The SMILES string of the molecule is COCCCNC(=O)C(C)N1CCN(CC(C)(C)O)CC1. The predicted molar refractivity (Wildman–Crippen MR) is 83.3 cm³/mol. The third-order valence-electron chi connectivity index (χ3n) is 3.77. The summed E-state index contributed by atoms with van der Waals surface area (Å²) in [5, 5.41) is 12.8. The molecule has 2 N–H and O–H groups in total. The Kier molecular flexibility index (Phi) is 7.59. The minimum Gasteiger partial charge on any atom is -0.389 e. The van der Waals surface area contributed by atoms with Crippen LogP contribution in [0.1, 0.15) is 27.2 Å². The molecule has 0 aromatic heterocycles. The highest BCUT2D eigenvalue weighted by molar-refractivity contribution is 5.81. The quantitative estimate of drug-likeness (QED) is 0.614. The third kappa shape index (κ3) is 7.22. The van der Waals surface area contributed by atoms with Gasteiger partial charge in [0.2, 0.25) is 5.91 Å². The molecule has 1 atom stereocenters. The van der Waals surface area contributed by atoms with Crippen LogP contribution in [-0.4, -0.2) is 85.4 Å². The molecule has 6 heteroatoms. The number of ether oxygens (including phenoxy) is 1. The Hall–Kier alpha value is -0.690. The fourth-order valence-corrected chi connectivity index (χ4v) is 2.60. The molecule has 0 radical (unpaired) electrons. The highest BCUT2D eigenvalue weighted by Crippen LogP contribution is 2.10. The largest absolute Gasteiger partial charge is 0.389 e. The van der Waals surface area contributed by atoms with Crippen LogP contribution in [0, 0.1) is 0 Å². The topological polar surface area (TPSA) is 65.0 Å². The number of carbonyl (C=O) groups excluding carboxylic acids is 1. The van der Waals surface area contributed by atoms with E-state index in [9.17, 15) is 9.90 Å². The number of amides is 1. The van der Waals surface area contributed by atoms with Gasteiger partial charge < -0.3 is 15.2 Å². The number of carbonyl (C=O) groups is 1. The summed E-state index contributed by atoms with van der Waals surface area (Å²) >= 11 is 0. The molecule has 0 aromatic carbocycles. The lowest BCUT2D eigenvalue weighted by atomic mass is 10.1. The van der Waals surface area contributed by atoms with E-state index in [2.05, 4.69) is 15.1 Å². The maximum absolute atomic E-state index is 12.1. The number of aliphatic hydroxyl groups is 1. The molecule has 0 aromatic rings. The fourth-order valence-electron chi connectivity index (χ4n) is 2.60. The van der Waals surface area contributed by atoms with E-state index in [1.165, 1.54) is 0 Å². The highest BCUT2D eigenvalue weighted by Gasteiger charge is 2.27. The van der Waals surface area contributed by atoms with Gasteiger partial charge in [-0.25, -0.2) is 0 Å². The van der Waals surface area contributed by atoms with Gasteiger partial charge in [0.1, 0.15) is 0 Å². The van der Waals surface area contributed by atoms with Crippen molar-refractivity contribution in [1.29, 1.82) is 0 Å². The van der Waals surface area contributed by atoms with Gasteiger partial charge in [-0.2, -0.15) is 0 Å². The first-order valence-corrected chi connectivity index (χ1v) is 7.79. The van der Waals surface area contributed by atoms with Gasteiger partial charge >= 0.3 is 0 Å². The van der Waals surface area contributed by atoms with Crippen molar-refractivity contribution in [2.24, 2.45) is 0 Å². The zero-order valence-electron chi connectivity index (χ0n) is 13.9. The molecule has 0 bridgehead atoms. The van der Waals surface area contributed by atoms with Crippen LogP contribution in [-0.2, 0) is 9.53 Å². The maximum Gasteiger partial charge on any atom is 0.237 e. The van der Waals surface area contributed by atoms with Crippen molar-refractivity contribution in [3.8, 4) is 0 Å². The molecule has 1 saturated heterocycles. The predicted octanol–water partition coefficient (Wildman–Crippen LogP) is -0.0839. The second-order valence-electron chi connectivity index (χ2n) is 6.44. The van der Waals surface area contributed by atoms with Crippen LogP contribution >= 0.6 is 0 Å². The van der Waals surface area contributed by atoms with Gasteiger partial charge in [-0.15, -0.1) is 0 Å². The fraction of sp³-hybridized carbons (Fsp3) is 0.933. The third-order valence-corrected chi connectivity index (χ3v) is 3.77. The van der Waals surface area contributed by atoms with Crippen molar-refractivity contribution in [3.63, 3.8) is 0 Å². The number of nitrogens with one attached hydrogen (secondary N) is 1. The molecule has 1 unspecified atom stereocenters. The monoisotopic (exact) mass is 301 g/mol. The molecule has 1 rings (SSSR count). The molecule has 0 spiro atoms. The van der Waals surface area contributed by atoms with Gasteiger partial charge in [-0.1, -0.05) is 0 Å². The van der Waals surface area contributed by atoms with Crippen molar-refractivity contribution in [2.45, 2.75) is 38.8 Å². The molecule has 1 heterocycles. The maximum atomic E-state index is 12.1. The molecule has 6 nitrogen and oxygen atoms in total. The van der Waals surface area contributed by atoms with Crippen LogP contribution < -0.4 is 5.32 Å². The summed E-state index contributed by atoms with van der Waals surface area (Å²) in [7, 11) is 1.66. The number of rotatable bonds is 8. The first-order valence-electron chi connectivity index (χ1n) is 7.79. The number of nitrogens with zero attached hydrogens (tertiary/aromatic N) is 2. The summed E-state index contributed by atoms with van der Waals surface area (Å²) in [6.07, 6.45) is 0.842. The lowest BCUT2D eigenvalue weighted by molar-refractivity contribution is -0.126. The van der Waals surface area contributed by atoms with Crippen LogP contribution in [0.4, 0.5) is 0 Å². The Morgan fingerprint density at radius 3 is 2.48 bits per heavy atom. The van der Waals surface area contributed by atoms with E-state index in [0.717, 1.165) is 32.6 Å².